The molecule has 1 atom stereocenters. The Hall–Kier alpha value is -0.860. The average Bonchev–Trinajstić information content (AvgIpc) is 2.84. The van der Waals surface area contributed by atoms with Crippen molar-refractivity contribution in [1.29, 1.82) is 0 Å². The summed E-state index contributed by atoms with van der Waals surface area (Å²) in [6, 6.07) is 1.76. The van der Waals surface area contributed by atoms with Crippen LogP contribution in [0.4, 0.5) is 0 Å². The van der Waals surface area contributed by atoms with Crippen LogP contribution < -0.4 is 4.72 Å². The number of hydrogen-bond donors (Lipinski definition) is 2. The van der Waals surface area contributed by atoms with Crippen LogP contribution in [0.5, 0.6) is 0 Å². The molecule has 0 bridgehead atoms. The van der Waals surface area contributed by atoms with Crippen molar-refractivity contribution in [3.05, 3.63) is 24.0 Å². The highest BCUT2D eigenvalue weighted by molar-refractivity contribution is 7.95. The maximum absolute atomic E-state index is 11.8. The van der Waals surface area contributed by atoms with Crippen LogP contribution in [0.3, 0.4) is 0 Å². The molecule has 6 nitrogen and oxygen atoms in total. The van der Waals surface area contributed by atoms with Gasteiger partial charge in [0.05, 0.1) is 16.8 Å². The minimum Gasteiger partial charge on any atom is -0.367 e. The summed E-state index contributed by atoms with van der Waals surface area (Å²) in [4.78, 5) is 2.82. The van der Waals surface area contributed by atoms with Crippen LogP contribution in [-0.4, -0.2) is 38.6 Å². The fourth-order valence-corrected chi connectivity index (χ4v) is 5.84. The molecule has 0 aromatic carbocycles. The van der Waals surface area contributed by atoms with Gasteiger partial charge in [-0.2, -0.15) is 0 Å². The number of nitrogens with one attached hydrogen (secondary N) is 2. The van der Waals surface area contributed by atoms with Gasteiger partial charge in [0, 0.05) is 18.9 Å². The molecule has 0 amide bonds. The molecule has 0 aliphatic carbocycles. The summed E-state index contributed by atoms with van der Waals surface area (Å²) in [6.45, 7) is 0.183. The van der Waals surface area contributed by atoms with E-state index >= 15 is 0 Å². The first-order chi connectivity index (χ1) is 7.89. The van der Waals surface area contributed by atoms with E-state index < -0.39 is 25.1 Å². The fraction of sp³-hybridized carbons (Fsp3) is 0.556. The number of rotatable bonds is 4. The van der Waals surface area contributed by atoms with Gasteiger partial charge in [0.15, 0.2) is 9.84 Å². The van der Waals surface area contributed by atoms with Crippen LogP contribution in [0.1, 0.15) is 12.0 Å². The molecule has 8 heteroatoms. The van der Waals surface area contributed by atoms with Crippen molar-refractivity contribution >= 4 is 19.9 Å². The zero-order chi connectivity index (χ0) is 12.5. The Bertz CT molecular complexity index is 575. The summed E-state index contributed by atoms with van der Waals surface area (Å²) < 4.78 is 48.5. The number of sulfonamides is 1. The minimum absolute atomic E-state index is 0.0390. The second kappa shape index (κ2) is 4.43. The lowest BCUT2D eigenvalue weighted by atomic mass is 10.4. The van der Waals surface area contributed by atoms with Crippen molar-refractivity contribution in [1.82, 2.24) is 9.71 Å². The summed E-state index contributed by atoms with van der Waals surface area (Å²) in [5.41, 5.74) is 0.814. The molecule has 1 saturated heterocycles. The van der Waals surface area contributed by atoms with Crippen LogP contribution in [0.25, 0.3) is 0 Å². The van der Waals surface area contributed by atoms with Crippen molar-refractivity contribution < 1.29 is 16.8 Å². The first kappa shape index (κ1) is 12.6. The van der Waals surface area contributed by atoms with E-state index in [4.69, 9.17) is 0 Å². The quantitative estimate of drug-likeness (QED) is 0.784. The predicted octanol–water partition coefficient (Wildman–Crippen LogP) is -0.379. The van der Waals surface area contributed by atoms with E-state index in [0.717, 1.165) is 5.56 Å². The van der Waals surface area contributed by atoms with Gasteiger partial charge >= 0.3 is 0 Å². The normalized spacial score (nSPS) is 23.9. The number of sulfone groups is 1. The Morgan fingerprint density at radius 1 is 1.47 bits per heavy atom. The Balaban J connectivity index is 2.00. The first-order valence-corrected chi connectivity index (χ1v) is 8.56. The molecule has 1 aliphatic heterocycles. The van der Waals surface area contributed by atoms with Gasteiger partial charge in [-0.25, -0.2) is 21.6 Å². The molecule has 0 radical (unpaired) electrons. The molecule has 2 rings (SSSR count). The smallest absolute Gasteiger partial charge is 0.215 e. The van der Waals surface area contributed by atoms with Gasteiger partial charge in [0.1, 0.15) is 0 Å². The van der Waals surface area contributed by atoms with Crippen molar-refractivity contribution in [3.63, 3.8) is 0 Å². The lowest BCUT2D eigenvalue weighted by Gasteiger charge is -2.10. The van der Waals surface area contributed by atoms with Crippen molar-refractivity contribution in [2.24, 2.45) is 0 Å². The van der Waals surface area contributed by atoms with E-state index in [2.05, 4.69) is 9.71 Å². The lowest BCUT2D eigenvalue weighted by molar-refractivity contribution is 0.568. The van der Waals surface area contributed by atoms with Gasteiger partial charge in [0.2, 0.25) is 10.0 Å². The van der Waals surface area contributed by atoms with Gasteiger partial charge in [-0.3, -0.25) is 0 Å². The SMILES string of the molecule is O=S1(=O)CCC(S(=O)(=O)NCc2cc[nH]c2)C1. The topological polar surface area (TPSA) is 96.1 Å². The molecule has 1 aromatic heterocycles. The van der Waals surface area contributed by atoms with Crippen molar-refractivity contribution in [2.75, 3.05) is 11.5 Å². The molecule has 1 aliphatic rings. The highest BCUT2D eigenvalue weighted by Gasteiger charge is 2.36. The highest BCUT2D eigenvalue weighted by atomic mass is 32.2. The molecule has 1 unspecified atom stereocenters. The predicted molar refractivity (Wildman–Crippen MR) is 63.6 cm³/mol. The molecule has 1 aromatic rings. The van der Waals surface area contributed by atoms with Crippen LogP contribution in [0.15, 0.2) is 18.5 Å². The Labute approximate surface area is 100 Å². The van der Waals surface area contributed by atoms with Crippen LogP contribution in [-0.2, 0) is 26.4 Å². The summed E-state index contributed by atoms with van der Waals surface area (Å²) in [5.74, 6) is -0.307. The Morgan fingerprint density at radius 2 is 2.24 bits per heavy atom. The zero-order valence-electron chi connectivity index (χ0n) is 9.09. The van der Waals surface area contributed by atoms with Gasteiger partial charge in [0.25, 0.3) is 0 Å². The zero-order valence-corrected chi connectivity index (χ0v) is 10.7. The largest absolute Gasteiger partial charge is 0.367 e. The number of H-pyrrole nitrogens is 1. The van der Waals surface area contributed by atoms with Crippen LogP contribution in [0.2, 0.25) is 0 Å². The van der Waals surface area contributed by atoms with E-state index in [1.807, 2.05) is 0 Å². The van der Waals surface area contributed by atoms with E-state index in [1.165, 1.54) is 0 Å². The third-order valence-corrected chi connectivity index (χ3v) is 6.58. The van der Waals surface area contributed by atoms with Crippen LogP contribution in [0, 0.1) is 0 Å². The van der Waals surface area contributed by atoms with E-state index in [0.29, 0.717) is 0 Å². The second-order valence-electron chi connectivity index (χ2n) is 4.11. The third-order valence-electron chi connectivity index (χ3n) is 2.77. The molecule has 0 saturated carbocycles. The average molecular weight is 278 g/mol. The monoisotopic (exact) mass is 278 g/mol. The maximum Gasteiger partial charge on any atom is 0.215 e. The first-order valence-electron chi connectivity index (χ1n) is 5.20. The Kier molecular flexibility index (Phi) is 3.28. The maximum atomic E-state index is 11.8. The van der Waals surface area contributed by atoms with Crippen molar-refractivity contribution in [3.8, 4) is 0 Å². The van der Waals surface area contributed by atoms with Gasteiger partial charge in [-0.05, 0) is 18.1 Å². The minimum atomic E-state index is -3.55. The standard InChI is InChI=1S/C9H14N2O4S2/c12-16(13)4-2-9(7-16)17(14,15)11-6-8-1-3-10-5-8/h1,3,5,9-11H,2,4,6-7H2. The van der Waals surface area contributed by atoms with Crippen molar-refractivity contribution in [2.45, 2.75) is 18.2 Å². The van der Waals surface area contributed by atoms with E-state index in [-0.39, 0.29) is 24.5 Å². The number of aromatic amines is 1. The van der Waals surface area contributed by atoms with Gasteiger partial charge < -0.3 is 4.98 Å². The molecule has 17 heavy (non-hydrogen) atoms. The molecular formula is C9H14N2O4S2. The second-order valence-corrected chi connectivity index (χ2v) is 8.38. The van der Waals surface area contributed by atoms with Gasteiger partial charge in [-0.15, -0.1) is 0 Å². The van der Waals surface area contributed by atoms with E-state index in [1.54, 1.807) is 18.5 Å². The third kappa shape index (κ3) is 3.08. The highest BCUT2D eigenvalue weighted by Crippen LogP contribution is 2.18. The molecular weight excluding hydrogens is 264 g/mol. The fourth-order valence-electron chi connectivity index (χ4n) is 1.78. The molecule has 2 heterocycles. The summed E-state index contributed by atoms with van der Waals surface area (Å²) in [6.07, 6.45) is 3.57. The lowest BCUT2D eigenvalue weighted by Crippen LogP contribution is -2.34. The number of aromatic nitrogens is 1. The summed E-state index contributed by atoms with van der Waals surface area (Å²) in [5, 5.41) is -0.813. The molecule has 96 valence electrons. The molecule has 2 N–H and O–H groups in total. The summed E-state index contributed by atoms with van der Waals surface area (Å²) in [7, 11) is -6.73. The molecule has 1 fully saturated rings. The van der Waals surface area contributed by atoms with E-state index in [9.17, 15) is 16.8 Å². The van der Waals surface area contributed by atoms with Crippen LogP contribution >= 0.6 is 0 Å². The Morgan fingerprint density at radius 3 is 2.76 bits per heavy atom. The molecule has 0 spiro atoms. The number of hydrogen-bond acceptors (Lipinski definition) is 4. The summed E-state index contributed by atoms with van der Waals surface area (Å²) >= 11 is 0. The van der Waals surface area contributed by atoms with Gasteiger partial charge in [-0.1, -0.05) is 0 Å².